The van der Waals surface area contributed by atoms with E-state index in [4.69, 9.17) is 0 Å². The van der Waals surface area contributed by atoms with Crippen molar-refractivity contribution in [2.45, 2.75) is 6.54 Å². The summed E-state index contributed by atoms with van der Waals surface area (Å²) >= 11 is 1.30. The van der Waals surface area contributed by atoms with Gasteiger partial charge in [-0.1, -0.05) is 11.3 Å². The number of amides is 2. The van der Waals surface area contributed by atoms with E-state index in [9.17, 15) is 9.90 Å². The zero-order chi connectivity index (χ0) is 13.9. The molecule has 2 aromatic heterocycles. The molecular weight excluding hydrogens is 278 g/mol. The molecule has 7 nitrogen and oxygen atoms in total. The van der Waals surface area contributed by atoms with Crippen LogP contribution in [-0.2, 0) is 6.54 Å². The standard InChI is InChI=1S/C12H11N5O2S/c18-7-1-2-8-9(5-7)20-12(16-8)17-11(19)15-6-10-13-3-4-14-10/h1-5,18H,6H2,(H,13,14)(H2,15,16,17,19). The molecule has 0 unspecified atom stereocenters. The Morgan fingerprint density at radius 1 is 1.45 bits per heavy atom. The summed E-state index contributed by atoms with van der Waals surface area (Å²) in [4.78, 5) is 22.8. The van der Waals surface area contributed by atoms with Crippen LogP contribution in [0.5, 0.6) is 5.75 Å². The number of carbonyl (C=O) groups is 1. The third-order valence-corrected chi connectivity index (χ3v) is 3.50. The minimum absolute atomic E-state index is 0.176. The third kappa shape index (κ3) is 2.69. The van der Waals surface area contributed by atoms with Crippen molar-refractivity contribution in [1.82, 2.24) is 20.3 Å². The van der Waals surface area contributed by atoms with Crippen LogP contribution >= 0.6 is 11.3 Å². The quantitative estimate of drug-likeness (QED) is 0.592. The Labute approximate surface area is 117 Å². The molecule has 0 aliphatic rings. The molecule has 0 bridgehead atoms. The number of aromatic amines is 1. The number of hydrogen-bond acceptors (Lipinski definition) is 5. The second kappa shape index (κ2) is 5.17. The van der Waals surface area contributed by atoms with E-state index in [1.54, 1.807) is 30.6 Å². The van der Waals surface area contributed by atoms with Gasteiger partial charge in [0, 0.05) is 12.4 Å². The van der Waals surface area contributed by atoms with Crippen LogP contribution in [0.4, 0.5) is 9.93 Å². The summed E-state index contributed by atoms with van der Waals surface area (Å²) in [7, 11) is 0. The maximum atomic E-state index is 11.7. The van der Waals surface area contributed by atoms with Crippen LogP contribution in [0.25, 0.3) is 10.2 Å². The molecule has 0 saturated carbocycles. The summed E-state index contributed by atoms with van der Waals surface area (Å²) in [6.07, 6.45) is 3.31. The van der Waals surface area contributed by atoms with Crippen LogP contribution in [0, 0.1) is 0 Å². The maximum Gasteiger partial charge on any atom is 0.321 e. The van der Waals surface area contributed by atoms with Gasteiger partial charge in [-0.2, -0.15) is 0 Å². The van der Waals surface area contributed by atoms with Gasteiger partial charge in [0.25, 0.3) is 0 Å². The molecule has 20 heavy (non-hydrogen) atoms. The summed E-state index contributed by atoms with van der Waals surface area (Å²) in [5.41, 5.74) is 0.731. The lowest BCUT2D eigenvalue weighted by Gasteiger charge is -2.02. The Morgan fingerprint density at radius 2 is 2.35 bits per heavy atom. The first-order valence-corrected chi connectivity index (χ1v) is 6.65. The number of urea groups is 1. The van der Waals surface area contributed by atoms with Crippen LogP contribution in [0.15, 0.2) is 30.6 Å². The highest BCUT2D eigenvalue weighted by Gasteiger charge is 2.08. The molecule has 0 radical (unpaired) electrons. The first kappa shape index (κ1) is 12.4. The summed E-state index contributed by atoms with van der Waals surface area (Å²) in [5, 5.41) is 15.2. The van der Waals surface area contributed by atoms with Crippen molar-refractivity contribution in [2.24, 2.45) is 0 Å². The van der Waals surface area contributed by atoms with E-state index < -0.39 is 0 Å². The molecule has 2 amide bonds. The van der Waals surface area contributed by atoms with Gasteiger partial charge < -0.3 is 15.4 Å². The van der Waals surface area contributed by atoms with E-state index >= 15 is 0 Å². The highest BCUT2D eigenvalue weighted by atomic mass is 32.1. The number of H-pyrrole nitrogens is 1. The number of anilines is 1. The van der Waals surface area contributed by atoms with E-state index in [1.807, 2.05) is 0 Å². The zero-order valence-corrected chi connectivity index (χ0v) is 11.1. The van der Waals surface area contributed by atoms with Crippen molar-refractivity contribution in [3.63, 3.8) is 0 Å². The summed E-state index contributed by atoms with van der Waals surface area (Å²) in [5.74, 6) is 0.851. The summed E-state index contributed by atoms with van der Waals surface area (Å²) in [6.45, 7) is 0.310. The number of hydrogen-bond donors (Lipinski definition) is 4. The Morgan fingerprint density at radius 3 is 3.15 bits per heavy atom. The lowest BCUT2D eigenvalue weighted by molar-refractivity contribution is 0.251. The number of benzene rings is 1. The van der Waals surface area contributed by atoms with Gasteiger partial charge in [0.05, 0.1) is 16.8 Å². The molecule has 3 aromatic rings. The number of aromatic hydroxyl groups is 1. The number of aromatic nitrogens is 3. The topological polar surface area (TPSA) is 103 Å². The van der Waals surface area contributed by atoms with E-state index in [0.717, 1.165) is 10.2 Å². The first-order valence-electron chi connectivity index (χ1n) is 5.83. The molecule has 0 spiro atoms. The number of imidazole rings is 1. The van der Waals surface area contributed by atoms with Crippen LogP contribution < -0.4 is 10.6 Å². The van der Waals surface area contributed by atoms with Crippen LogP contribution in [0.2, 0.25) is 0 Å². The predicted octanol–water partition coefficient (Wildman–Crippen LogP) is 2.05. The molecular formula is C12H11N5O2S. The lowest BCUT2D eigenvalue weighted by Crippen LogP contribution is -2.28. The average molecular weight is 289 g/mol. The van der Waals surface area contributed by atoms with Crippen LogP contribution in [0.3, 0.4) is 0 Å². The van der Waals surface area contributed by atoms with E-state index in [-0.39, 0.29) is 11.8 Å². The van der Waals surface area contributed by atoms with Crippen LogP contribution in [-0.4, -0.2) is 26.1 Å². The molecule has 4 N–H and O–H groups in total. The smallest absolute Gasteiger partial charge is 0.321 e. The highest BCUT2D eigenvalue weighted by molar-refractivity contribution is 7.22. The molecule has 3 rings (SSSR count). The third-order valence-electron chi connectivity index (χ3n) is 2.56. The number of carbonyl (C=O) groups excluding carboxylic acids is 1. The Bertz CT molecular complexity index is 737. The van der Waals surface area contributed by atoms with Crippen LogP contribution in [0.1, 0.15) is 5.82 Å². The molecule has 102 valence electrons. The number of nitrogens with one attached hydrogen (secondary N) is 3. The SMILES string of the molecule is O=C(NCc1ncc[nH]1)Nc1nc2ccc(O)cc2s1. The number of thiazole rings is 1. The van der Waals surface area contributed by atoms with Gasteiger partial charge in [0.2, 0.25) is 0 Å². The fraction of sp³-hybridized carbons (Fsp3) is 0.0833. The highest BCUT2D eigenvalue weighted by Crippen LogP contribution is 2.28. The lowest BCUT2D eigenvalue weighted by atomic mass is 10.3. The fourth-order valence-corrected chi connectivity index (χ4v) is 2.56. The molecule has 8 heteroatoms. The minimum atomic E-state index is -0.357. The van der Waals surface area contributed by atoms with Gasteiger partial charge in [-0.05, 0) is 18.2 Å². The summed E-state index contributed by atoms with van der Waals surface area (Å²) in [6, 6.07) is 4.51. The maximum absolute atomic E-state index is 11.7. The Hall–Kier alpha value is -2.61. The Balaban J connectivity index is 1.65. The fourth-order valence-electron chi connectivity index (χ4n) is 1.67. The molecule has 0 aliphatic heterocycles. The van der Waals surface area contributed by atoms with E-state index in [2.05, 4.69) is 25.6 Å². The van der Waals surface area contributed by atoms with Gasteiger partial charge in [0.15, 0.2) is 5.13 Å². The van der Waals surface area contributed by atoms with Crippen molar-refractivity contribution in [2.75, 3.05) is 5.32 Å². The van der Waals surface area contributed by atoms with Crippen molar-refractivity contribution < 1.29 is 9.90 Å². The zero-order valence-electron chi connectivity index (χ0n) is 10.3. The average Bonchev–Trinajstić information content (AvgIpc) is 3.04. The second-order valence-electron chi connectivity index (χ2n) is 4.01. The van der Waals surface area contributed by atoms with E-state index in [1.165, 1.54) is 11.3 Å². The first-order chi connectivity index (χ1) is 9.70. The molecule has 0 saturated heterocycles. The molecule has 1 aromatic carbocycles. The van der Waals surface area contributed by atoms with Gasteiger partial charge in [0.1, 0.15) is 11.6 Å². The number of nitrogens with zero attached hydrogens (tertiary/aromatic N) is 2. The molecule has 2 heterocycles. The number of fused-ring (bicyclic) bond motifs is 1. The van der Waals surface area contributed by atoms with Crippen molar-refractivity contribution in [1.29, 1.82) is 0 Å². The number of phenols is 1. The Kier molecular flexibility index (Phi) is 3.21. The van der Waals surface area contributed by atoms with Gasteiger partial charge in [-0.3, -0.25) is 5.32 Å². The summed E-state index contributed by atoms with van der Waals surface area (Å²) < 4.78 is 0.811. The van der Waals surface area contributed by atoms with Gasteiger partial charge in [-0.15, -0.1) is 0 Å². The minimum Gasteiger partial charge on any atom is -0.508 e. The van der Waals surface area contributed by atoms with Crippen molar-refractivity contribution >= 4 is 32.7 Å². The van der Waals surface area contributed by atoms with Gasteiger partial charge >= 0.3 is 6.03 Å². The largest absolute Gasteiger partial charge is 0.508 e. The molecule has 0 fully saturated rings. The number of phenolic OH excluding ortho intramolecular Hbond substituents is 1. The number of rotatable bonds is 3. The second-order valence-corrected chi connectivity index (χ2v) is 5.05. The predicted molar refractivity (Wildman–Crippen MR) is 75.7 cm³/mol. The monoisotopic (exact) mass is 289 g/mol. The molecule has 0 aliphatic carbocycles. The van der Waals surface area contributed by atoms with E-state index in [0.29, 0.717) is 17.5 Å². The van der Waals surface area contributed by atoms with Crippen molar-refractivity contribution in [3.8, 4) is 5.75 Å². The van der Waals surface area contributed by atoms with Crippen molar-refractivity contribution in [3.05, 3.63) is 36.4 Å². The normalized spacial score (nSPS) is 10.6. The van der Waals surface area contributed by atoms with Gasteiger partial charge in [-0.25, -0.2) is 14.8 Å². The molecule has 0 atom stereocenters.